The highest BCUT2D eigenvalue weighted by atomic mass is 14.7. The molecule has 5 aromatic carbocycles. The molecule has 1 heterocycles. The molecule has 0 N–H and O–H groups in total. The number of nitrogens with zero attached hydrogens (tertiary/aromatic N) is 1. The zero-order chi connectivity index (χ0) is 25.1. The molecule has 0 saturated heterocycles. The van der Waals surface area contributed by atoms with Gasteiger partial charge in [-0.2, -0.15) is 0 Å². The molecule has 1 heteroatoms. The van der Waals surface area contributed by atoms with E-state index in [1.165, 1.54) is 55.6 Å². The molecule has 0 radical (unpaired) electrons. The summed E-state index contributed by atoms with van der Waals surface area (Å²) >= 11 is 0. The van der Waals surface area contributed by atoms with E-state index in [2.05, 4.69) is 140 Å². The van der Waals surface area contributed by atoms with Crippen LogP contribution in [0.1, 0.15) is 44.9 Å². The monoisotopic (exact) mass is 483 g/mol. The van der Waals surface area contributed by atoms with Gasteiger partial charge >= 0.3 is 0 Å². The molecule has 0 atom stereocenters. The molecule has 1 aromatic heterocycles. The normalized spacial score (nSPS) is 13.7. The zero-order valence-electron chi connectivity index (χ0n) is 20.9. The number of benzene rings is 5. The van der Waals surface area contributed by atoms with Gasteiger partial charge in [-0.05, 0) is 56.1 Å². The van der Waals surface area contributed by atoms with Crippen LogP contribution in [0.4, 0.5) is 0 Å². The summed E-state index contributed by atoms with van der Waals surface area (Å²) in [6.07, 6.45) is 1.93. The first kappa shape index (κ1) is 21.3. The second-order valence-corrected chi connectivity index (χ2v) is 10.3. The number of aromatic nitrogens is 1. The molecule has 8 rings (SSSR count). The second-order valence-electron chi connectivity index (χ2n) is 10.3. The SMILES string of the molecule is c1ccc(C(c2ccccc2)c2ccc3c(c2)C2(c4ccccc4-c4ccccc42)c2cccnc2-3)cc1. The lowest BCUT2D eigenvalue weighted by molar-refractivity contribution is 0.787. The highest BCUT2D eigenvalue weighted by molar-refractivity contribution is 5.94. The molecule has 2 aliphatic rings. The van der Waals surface area contributed by atoms with E-state index < -0.39 is 0 Å². The summed E-state index contributed by atoms with van der Waals surface area (Å²) in [5.74, 6) is 0.142. The summed E-state index contributed by atoms with van der Waals surface area (Å²) in [6.45, 7) is 0. The average molecular weight is 484 g/mol. The summed E-state index contributed by atoms with van der Waals surface area (Å²) < 4.78 is 0. The number of hydrogen-bond acceptors (Lipinski definition) is 1. The quantitative estimate of drug-likeness (QED) is 0.229. The van der Waals surface area contributed by atoms with E-state index in [4.69, 9.17) is 4.98 Å². The zero-order valence-corrected chi connectivity index (χ0v) is 20.9. The smallest absolute Gasteiger partial charge is 0.0753 e. The van der Waals surface area contributed by atoms with Crippen molar-refractivity contribution in [2.45, 2.75) is 11.3 Å². The molecule has 178 valence electrons. The van der Waals surface area contributed by atoms with E-state index in [-0.39, 0.29) is 11.3 Å². The Hall–Kier alpha value is -4.75. The average Bonchev–Trinajstić information content (AvgIpc) is 3.46. The van der Waals surface area contributed by atoms with Crippen molar-refractivity contribution >= 4 is 0 Å². The summed E-state index contributed by atoms with van der Waals surface area (Å²) in [4.78, 5) is 4.96. The van der Waals surface area contributed by atoms with Crippen LogP contribution in [0, 0.1) is 0 Å². The maximum atomic E-state index is 4.96. The molecule has 0 bridgehead atoms. The lowest BCUT2D eigenvalue weighted by Crippen LogP contribution is -2.26. The van der Waals surface area contributed by atoms with Gasteiger partial charge in [0.05, 0.1) is 11.1 Å². The summed E-state index contributed by atoms with van der Waals surface area (Å²) in [5.41, 5.74) is 13.8. The van der Waals surface area contributed by atoms with E-state index in [9.17, 15) is 0 Å². The molecule has 0 saturated carbocycles. The van der Waals surface area contributed by atoms with E-state index in [1.54, 1.807) is 0 Å². The van der Waals surface area contributed by atoms with Crippen molar-refractivity contribution < 1.29 is 0 Å². The van der Waals surface area contributed by atoms with Crippen LogP contribution in [-0.2, 0) is 5.41 Å². The lowest BCUT2D eigenvalue weighted by Gasteiger charge is -2.31. The van der Waals surface area contributed by atoms with E-state index >= 15 is 0 Å². The van der Waals surface area contributed by atoms with Crippen molar-refractivity contribution in [3.8, 4) is 22.4 Å². The van der Waals surface area contributed by atoms with Gasteiger partial charge in [-0.3, -0.25) is 4.98 Å². The molecule has 1 spiro atoms. The Bertz CT molecular complexity index is 1710. The lowest BCUT2D eigenvalue weighted by atomic mass is 9.70. The topological polar surface area (TPSA) is 12.9 Å². The predicted molar refractivity (Wildman–Crippen MR) is 154 cm³/mol. The molecule has 38 heavy (non-hydrogen) atoms. The van der Waals surface area contributed by atoms with Gasteiger partial charge < -0.3 is 0 Å². The minimum absolute atomic E-state index is 0.142. The van der Waals surface area contributed by atoms with Gasteiger partial charge in [-0.25, -0.2) is 0 Å². The minimum Gasteiger partial charge on any atom is -0.256 e. The van der Waals surface area contributed by atoms with Crippen molar-refractivity contribution in [2.75, 3.05) is 0 Å². The predicted octanol–water partition coefficient (Wildman–Crippen LogP) is 8.61. The standard InChI is InChI=1S/C37H25N/c1-3-12-25(13-4-1)35(26-14-5-2-6-15-26)27-21-22-30-34(24-27)37(33-20-11-23-38-36(30)33)31-18-9-7-16-28(31)29-17-8-10-19-32(29)37/h1-24,35H. The van der Waals surface area contributed by atoms with Gasteiger partial charge in [0.2, 0.25) is 0 Å². The van der Waals surface area contributed by atoms with Gasteiger partial charge in [0, 0.05) is 17.7 Å². The third-order valence-corrected chi connectivity index (χ3v) is 8.47. The summed E-state index contributed by atoms with van der Waals surface area (Å²) in [7, 11) is 0. The fraction of sp³-hybridized carbons (Fsp3) is 0.0541. The van der Waals surface area contributed by atoms with Crippen LogP contribution in [0.3, 0.4) is 0 Å². The van der Waals surface area contributed by atoms with Gasteiger partial charge in [-0.1, -0.05) is 133 Å². The highest BCUT2D eigenvalue weighted by Crippen LogP contribution is 2.62. The Morgan fingerprint density at radius 1 is 0.421 bits per heavy atom. The van der Waals surface area contributed by atoms with Crippen LogP contribution in [0.2, 0.25) is 0 Å². The largest absolute Gasteiger partial charge is 0.256 e. The molecular formula is C37H25N. The van der Waals surface area contributed by atoms with Crippen molar-refractivity contribution in [3.05, 3.63) is 185 Å². The fourth-order valence-corrected chi connectivity index (χ4v) is 7.01. The van der Waals surface area contributed by atoms with Crippen LogP contribution >= 0.6 is 0 Å². The first-order valence-electron chi connectivity index (χ1n) is 13.3. The van der Waals surface area contributed by atoms with Crippen LogP contribution in [0.15, 0.2) is 146 Å². The van der Waals surface area contributed by atoms with E-state index in [0.717, 1.165) is 5.69 Å². The number of hydrogen-bond donors (Lipinski definition) is 0. The molecule has 0 amide bonds. The Kier molecular flexibility index (Phi) is 4.57. The van der Waals surface area contributed by atoms with Crippen LogP contribution in [0.25, 0.3) is 22.4 Å². The Morgan fingerprint density at radius 3 is 1.61 bits per heavy atom. The van der Waals surface area contributed by atoms with Crippen LogP contribution < -0.4 is 0 Å². The molecule has 1 nitrogen and oxygen atoms in total. The maximum absolute atomic E-state index is 4.96. The first-order chi connectivity index (χ1) is 18.9. The summed E-state index contributed by atoms with van der Waals surface area (Å²) in [6, 6.07) is 51.1. The van der Waals surface area contributed by atoms with Crippen molar-refractivity contribution in [2.24, 2.45) is 0 Å². The van der Waals surface area contributed by atoms with E-state index in [1.807, 2.05) is 6.20 Å². The number of fused-ring (bicyclic) bond motifs is 10. The van der Waals surface area contributed by atoms with Crippen molar-refractivity contribution in [1.29, 1.82) is 0 Å². The molecule has 0 fully saturated rings. The Balaban J connectivity index is 1.46. The van der Waals surface area contributed by atoms with Gasteiger partial charge in [0.1, 0.15) is 0 Å². The molecule has 2 aliphatic carbocycles. The number of rotatable bonds is 3. The van der Waals surface area contributed by atoms with E-state index in [0.29, 0.717) is 0 Å². The maximum Gasteiger partial charge on any atom is 0.0753 e. The molecule has 0 aliphatic heterocycles. The van der Waals surface area contributed by atoms with Crippen molar-refractivity contribution in [1.82, 2.24) is 4.98 Å². The molecular weight excluding hydrogens is 458 g/mol. The Morgan fingerprint density at radius 2 is 0.974 bits per heavy atom. The third kappa shape index (κ3) is 2.79. The van der Waals surface area contributed by atoms with Crippen LogP contribution in [-0.4, -0.2) is 4.98 Å². The first-order valence-corrected chi connectivity index (χ1v) is 13.3. The van der Waals surface area contributed by atoms with Crippen molar-refractivity contribution in [3.63, 3.8) is 0 Å². The van der Waals surface area contributed by atoms with Gasteiger partial charge in [0.25, 0.3) is 0 Å². The molecule has 6 aromatic rings. The number of pyridine rings is 1. The van der Waals surface area contributed by atoms with Crippen LogP contribution in [0.5, 0.6) is 0 Å². The minimum atomic E-state index is -0.375. The van der Waals surface area contributed by atoms with Gasteiger partial charge in [-0.15, -0.1) is 0 Å². The van der Waals surface area contributed by atoms with Gasteiger partial charge in [0.15, 0.2) is 0 Å². The second kappa shape index (κ2) is 8.13. The third-order valence-electron chi connectivity index (χ3n) is 8.47. The summed E-state index contributed by atoms with van der Waals surface area (Å²) in [5, 5.41) is 0. The Labute approximate surface area is 223 Å². The highest BCUT2D eigenvalue weighted by Gasteiger charge is 2.52. The molecule has 0 unspecified atom stereocenters. The fourth-order valence-electron chi connectivity index (χ4n) is 7.01.